The van der Waals surface area contributed by atoms with Gasteiger partial charge in [0, 0.05) is 55.5 Å². The monoisotopic (exact) mass is 521 g/mol. The van der Waals surface area contributed by atoms with Gasteiger partial charge in [-0.2, -0.15) is 0 Å². The smallest absolute Gasteiger partial charge is 0.406 e. The molecule has 1 aromatic carbocycles. The lowest BCUT2D eigenvalue weighted by molar-refractivity contribution is 0.169. The largest absolute Gasteiger partial charge is 0.453 e. The summed E-state index contributed by atoms with van der Waals surface area (Å²) in [6.45, 7) is 3.49. The van der Waals surface area contributed by atoms with Gasteiger partial charge in [-0.3, -0.25) is 0 Å². The van der Waals surface area contributed by atoms with Crippen LogP contribution in [0.2, 0.25) is 5.02 Å². The minimum Gasteiger partial charge on any atom is -0.453 e. The highest BCUT2D eigenvalue weighted by atomic mass is 35.5. The number of piperidine rings is 1. The van der Waals surface area contributed by atoms with Gasteiger partial charge in [0.05, 0.1) is 7.11 Å². The number of halogens is 1. The standard InChI is InChI=1S/C27H44ClN5O3/c1-29-19-23(17-21-9-4-3-5-10-21)31-26(34)32-15-7-13-25(20-32)33(16-8-14-30-27(35)36-2)24-12-6-11-22(28)18-24/h6,11-12,18,21,23,25,29H,3-5,7-10,13-17,19-20H2,1-2H3,(H,30,35)(H,31,34)/t23-,25?/m0/s1. The molecule has 3 rings (SSSR count). The summed E-state index contributed by atoms with van der Waals surface area (Å²) in [6, 6.07) is 8.23. The number of likely N-dealkylation sites (tertiary alicyclic amines) is 1. The maximum Gasteiger partial charge on any atom is 0.406 e. The topological polar surface area (TPSA) is 85.9 Å². The number of benzene rings is 1. The van der Waals surface area contributed by atoms with Crippen molar-refractivity contribution >= 4 is 29.4 Å². The van der Waals surface area contributed by atoms with Crippen molar-refractivity contribution in [1.82, 2.24) is 20.9 Å². The highest BCUT2D eigenvalue weighted by Crippen LogP contribution is 2.28. The predicted molar refractivity (Wildman–Crippen MR) is 146 cm³/mol. The molecule has 202 valence electrons. The first-order valence-electron chi connectivity index (χ1n) is 13.5. The maximum atomic E-state index is 13.3. The van der Waals surface area contributed by atoms with Crippen LogP contribution in [0.5, 0.6) is 0 Å². The molecule has 0 radical (unpaired) electrons. The molecule has 0 aromatic heterocycles. The summed E-state index contributed by atoms with van der Waals surface area (Å²) in [7, 11) is 3.32. The van der Waals surface area contributed by atoms with E-state index in [1.807, 2.05) is 30.1 Å². The summed E-state index contributed by atoms with van der Waals surface area (Å²) < 4.78 is 4.67. The number of hydrogen-bond donors (Lipinski definition) is 3. The Morgan fingerprint density at radius 3 is 2.72 bits per heavy atom. The zero-order valence-corrected chi connectivity index (χ0v) is 22.7. The molecular formula is C27H44ClN5O3. The molecule has 2 atom stereocenters. The van der Waals surface area contributed by atoms with E-state index < -0.39 is 6.09 Å². The fourth-order valence-electron chi connectivity index (χ4n) is 5.61. The van der Waals surface area contributed by atoms with Gasteiger partial charge in [0.25, 0.3) is 0 Å². The highest BCUT2D eigenvalue weighted by Gasteiger charge is 2.30. The van der Waals surface area contributed by atoms with Gasteiger partial charge in [-0.05, 0) is 56.8 Å². The van der Waals surface area contributed by atoms with Crippen molar-refractivity contribution < 1.29 is 14.3 Å². The molecule has 1 aromatic rings. The predicted octanol–water partition coefficient (Wildman–Crippen LogP) is 4.62. The van der Waals surface area contributed by atoms with Crippen LogP contribution in [0.3, 0.4) is 0 Å². The van der Waals surface area contributed by atoms with Crippen LogP contribution in [0, 0.1) is 5.92 Å². The number of nitrogens with zero attached hydrogens (tertiary/aromatic N) is 2. The fourth-order valence-corrected chi connectivity index (χ4v) is 5.80. The molecule has 1 saturated heterocycles. The number of amides is 3. The first-order valence-corrected chi connectivity index (χ1v) is 13.9. The van der Waals surface area contributed by atoms with Crippen molar-refractivity contribution in [3.05, 3.63) is 29.3 Å². The van der Waals surface area contributed by atoms with E-state index >= 15 is 0 Å². The Hall–Kier alpha value is -2.19. The van der Waals surface area contributed by atoms with E-state index in [9.17, 15) is 9.59 Å². The normalized spacial score (nSPS) is 19.4. The zero-order chi connectivity index (χ0) is 25.8. The summed E-state index contributed by atoms with van der Waals surface area (Å²) in [5.41, 5.74) is 1.04. The van der Waals surface area contributed by atoms with Crippen LogP contribution < -0.4 is 20.9 Å². The van der Waals surface area contributed by atoms with Crippen LogP contribution in [0.15, 0.2) is 24.3 Å². The second-order valence-corrected chi connectivity index (χ2v) is 10.6. The minimum atomic E-state index is -0.422. The molecule has 2 aliphatic rings. The van der Waals surface area contributed by atoms with E-state index in [2.05, 4.69) is 31.7 Å². The average molecular weight is 522 g/mol. The molecule has 1 aliphatic heterocycles. The Kier molecular flexibility index (Phi) is 11.9. The van der Waals surface area contributed by atoms with Crippen molar-refractivity contribution in [3.8, 4) is 0 Å². The number of urea groups is 1. The highest BCUT2D eigenvalue weighted by molar-refractivity contribution is 6.30. The van der Waals surface area contributed by atoms with Crippen molar-refractivity contribution in [2.24, 2.45) is 5.92 Å². The van der Waals surface area contributed by atoms with E-state index in [-0.39, 0.29) is 18.1 Å². The molecule has 3 N–H and O–H groups in total. The number of carbonyl (C=O) groups excluding carboxylic acids is 2. The summed E-state index contributed by atoms with van der Waals surface area (Å²) in [5, 5.41) is 10.0. The molecule has 0 spiro atoms. The maximum absolute atomic E-state index is 13.3. The number of carbonyl (C=O) groups is 2. The summed E-state index contributed by atoms with van der Waals surface area (Å²) in [4.78, 5) is 29.1. The lowest BCUT2D eigenvalue weighted by Gasteiger charge is -2.41. The summed E-state index contributed by atoms with van der Waals surface area (Å²) in [6.07, 6.45) is 9.87. The van der Waals surface area contributed by atoms with Crippen molar-refractivity contribution in [3.63, 3.8) is 0 Å². The van der Waals surface area contributed by atoms with E-state index in [0.717, 1.165) is 51.0 Å². The third-order valence-electron chi connectivity index (χ3n) is 7.42. The van der Waals surface area contributed by atoms with E-state index in [1.54, 1.807) is 0 Å². The van der Waals surface area contributed by atoms with Gasteiger partial charge >= 0.3 is 12.1 Å². The number of alkyl carbamates (subject to hydrolysis) is 1. The van der Waals surface area contributed by atoms with Gasteiger partial charge in [0.1, 0.15) is 0 Å². The quantitative estimate of drug-likeness (QED) is 0.370. The Bertz CT molecular complexity index is 820. The third kappa shape index (κ3) is 9.04. The van der Waals surface area contributed by atoms with Gasteiger partial charge < -0.3 is 30.5 Å². The van der Waals surface area contributed by atoms with Crippen LogP contribution >= 0.6 is 11.6 Å². The number of likely N-dealkylation sites (N-methyl/N-ethyl adjacent to an activating group) is 1. The third-order valence-corrected chi connectivity index (χ3v) is 7.65. The molecular weight excluding hydrogens is 478 g/mol. The zero-order valence-electron chi connectivity index (χ0n) is 21.9. The minimum absolute atomic E-state index is 0.0363. The molecule has 3 amide bonds. The lowest BCUT2D eigenvalue weighted by atomic mass is 9.85. The summed E-state index contributed by atoms with van der Waals surface area (Å²) >= 11 is 6.31. The van der Waals surface area contributed by atoms with Gasteiger partial charge in [-0.25, -0.2) is 9.59 Å². The number of ether oxygens (including phenoxy) is 1. The summed E-state index contributed by atoms with van der Waals surface area (Å²) in [5.74, 6) is 0.712. The van der Waals surface area contributed by atoms with Gasteiger partial charge in [-0.15, -0.1) is 0 Å². The molecule has 1 heterocycles. The Labute approximate surface area is 221 Å². The number of rotatable bonds is 11. The lowest BCUT2D eigenvalue weighted by Crippen LogP contribution is -2.55. The SMILES string of the molecule is CNC[C@H](CC1CCCCC1)NC(=O)N1CCCC(N(CCCNC(=O)OC)c2cccc(Cl)c2)C1. The molecule has 9 heteroatoms. The number of nitrogens with one attached hydrogen (secondary N) is 3. The second-order valence-electron chi connectivity index (χ2n) is 10.1. The molecule has 0 bridgehead atoms. The first-order chi connectivity index (χ1) is 17.5. The molecule has 1 saturated carbocycles. The van der Waals surface area contributed by atoms with Gasteiger partial charge in [0.2, 0.25) is 0 Å². The molecule has 1 unspecified atom stereocenters. The van der Waals surface area contributed by atoms with Crippen molar-refractivity contribution in [2.45, 2.75) is 69.9 Å². The number of anilines is 1. The van der Waals surface area contributed by atoms with E-state index in [0.29, 0.717) is 24.0 Å². The molecule has 2 fully saturated rings. The Morgan fingerprint density at radius 2 is 2.00 bits per heavy atom. The Balaban J connectivity index is 1.62. The molecule has 1 aliphatic carbocycles. The van der Waals surface area contributed by atoms with E-state index in [1.165, 1.54) is 39.2 Å². The van der Waals surface area contributed by atoms with Crippen LogP contribution in [0.4, 0.5) is 15.3 Å². The first kappa shape index (κ1) is 28.4. The van der Waals surface area contributed by atoms with Crippen LogP contribution in [-0.4, -0.2) is 76.0 Å². The van der Waals surface area contributed by atoms with E-state index in [4.69, 9.17) is 11.6 Å². The molecule has 36 heavy (non-hydrogen) atoms. The van der Waals surface area contributed by atoms with Gasteiger partial charge in [-0.1, -0.05) is 49.8 Å². The van der Waals surface area contributed by atoms with Crippen molar-refractivity contribution in [2.75, 3.05) is 51.8 Å². The van der Waals surface area contributed by atoms with Crippen LogP contribution in [0.1, 0.15) is 57.8 Å². The van der Waals surface area contributed by atoms with Crippen LogP contribution in [-0.2, 0) is 4.74 Å². The average Bonchev–Trinajstić information content (AvgIpc) is 2.89. The van der Waals surface area contributed by atoms with Crippen LogP contribution in [0.25, 0.3) is 0 Å². The molecule has 8 nitrogen and oxygen atoms in total. The number of methoxy groups -OCH3 is 1. The second kappa shape index (κ2) is 15.2. The van der Waals surface area contributed by atoms with Crippen molar-refractivity contribution in [1.29, 1.82) is 0 Å². The fraction of sp³-hybridized carbons (Fsp3) is 0.704. The Morgan fingerprint density at radius 1 is 1.19 bits per heavy atom. The number of hydrogen-bond acceptors (Lipinski definition) is 5. The van der Waals surface area contributed by atoms with Gasteiger partial charge in [0.15, 0.2) is 0 Å².